The van der Waals surface area contributed by atoms with E-state index in [0.717, 1.165) is 11.0 Å². The number of nitrogens with zero attached hydrogens (tertiary/aromatic N) is 2. The topological polar surface area (TPSA) is 39.1 Å². The van der Waals surface area contributed by atoms with Crippen LogP contribution in [0.15, 0.2) is 10.7 Å². The van der Waals surface area contributed by atoms with Crippen molar-refractivity contribution < 1.29 is 4.74 Å². The second-order valence-corrected chi connectivity index (χ2v) is 6.20. The molecular weight excluding hydrogens is 294 g/mol. The quantitative estimate of drug-likeness (QED) is 0.906. The molecule has 5 heteroatoms. The van der Waals surface area contributed by atoms with Gasteiger partial charge in [-0.05, 0) is 42.2 Å². The minimum absolute atomic E-state index is 0.205. The van der Waals surface area contributed by atoms with Gasteiger partial charge >= 0.3 is 0 Å². The van der Waals surface area contributed by atoms with Gasteiger partial charge in [0, 0.05) is 18.6 Å². The maximum Gasteiger partial charge on any atom is 0.0659 e. The van der Waals surface area contributed by atoms with Gasteiger partial charge in [0.25, 0.3) is 0 Å². The summed E-state index contributed by atoms with van der Waals surface area (Å²) >= 11 is 3.65. The zero-order chi connectivity index (χ0) is 13.2. The average molecular weight is 316 g/mol. The largest absolute Gasteiger partial charge is 0.383 e. The second-order valence-electron chi connectivity index (χ2n) is 5.35. The third-order valence-corrected chi connectivity index (χ3v) is 4.60. The third kappa shape index (κ3) is 2.63. The fraction of sp³-hybridized carbons (Fsp3) is 0.769. The van der Waals surface area contributed by atoms with E-state index in [2.05, 4.69) is 38.0 Å². The van der Waals surface area contributed by atoms with Crippen LogP contribution in [0.1, 0.15) is 31.9 Å². The van der Waals surface area contributed by atoms with Gasteiger partial charge in [0.05, 0.1) is 29.5 Å². The Morgan fingerprint density at radius 1 is 1.67 bits per heavy atom. The number of nitrogens with one attached hydrogen (secondary N) is 1. The van der Waals surface area contributed by atoms with E-state index < -0.39 is 0 Å². The summed E-state index contributed by atoms with van der Waals surface area (Å²) in [6, 6.07) is 0.618. The number of methoxy groups -OCH3 is 1. The number of aromatic nitrogens is 2. The Hall–Kier alpha value is -0.390. The van der Waals surface area contributed by atoms with Crippen molar-refractivity contribution in [3.05, 3.63) is 16.4 Å². The molecular formula is C13H22BrN3O. The van der Waals surface area contributed by atoms with Crippen LogP contribution < -0.4 is 5.32 Å². The lowest BCUT2D eigenvalue weighted by atomic mass is 9.84. The molecule has 0 aromatic carbocycles. The molecule has 102 valence electrons. The molecule has 2 rings (SSSR count). The van der Waals surface area contributed by atoms with Crippen LogP contribution >= 0.6 is 15.9 Å². The minimum atomic E-state index is 0.205. The van der Waals surface area contributed by atoms with Gasteiger partial charge in [-0.1, -0.05) is 6.92 Å². The number of ether oxygens (including phenoxy) is 1. The first kappa shape index (κ1) is 14.0. The van der Waals surface area contributed by atoms with E-state index in [1.807, 2.05) is 13.2 Å². The minimum Gasteiger partial charge on any atom is -0.383 e. The summed E-state index contributed by atoms with van der Waals surface area (Å²) in [5.41, 5.74) is 1.52. The van der Waals surface area contributed by atoms with Gasteiger partial charge < -0.3 is 10.1 Å². The molecule has 0 bridgehead atoms. The molecule has 0 spiro atoms. The molecule has 0 aliphatic heterocycles. The molecule has 18 heavy (non-hydrogen) atoms. The maximum atomic E-state index is 5.16. The Balaban J connectivity index is 2.24. The van der Waals surface area contributed by atoms with Crippen LogP contribution in [-0.2, 0) is 16.7 Å². The van der Waals surface area contributed by atoms with Crippen LogP contribution in [-0.4, -0.2) is 36.6 Å². The highest BCUT2D eigenvalue weighted by Crippen LogP contribution is 2.43. The maximum absolute atomic E-state index is 5.16. The molecule has 1 aromatic rings. The Bertz CT molecular complexity index is 407. The summed E-state index contributed by atoms with van der Waals surface area (Å²) < 4.78 is 8.37. The zero-order valence-corrected chi connectivity index (χ0v) is 13.0. The molecule has 1 aliphatic carbocycles. The van der Waals surface area contributed by atoms with Gasteiger partial charge in [-0.2, -0.15) is 5.10 Å². The molecule has 1 fully saturated rings. The van der Waals surface area contributed by atoms with E-state index in [9.17, 15) is 0 Å². The van der Waals surface area contributed by atoms with Crippen molar-refractivity contribution in [3.63, 3.8) is 0 Å². The summed E-state index contributed by atoms with van der Waals surface area (Å²) in [5.74, 6) is 0. The van der Waals surface area contributed by atoms with Crippen molar-refractivity contribution in [2.45, 2.75) is 44.2 Å². The fourth-order valence-corrected chi connectivity index (χ4v) is 3.79. The molecule has 0 amide bonds. The fourth-order valence-electron chi connectivity index (χ4n) is 3.01. The molecule has 4 nitrogen and oxygen atoms in total. The molecule has 1 aromatic heterocycles. The summed E-state index contributed by atoms with van der Waals surface area (Å²) in [7, 11) is 3.78. The van der Waals surface area contributed by atoms with Crippen LogP contribution in [0, 0.1) is 0 Å². The molecule has 1 N–H and O–H groups in total. The van der Waals surface area contributed by atoms with Gasteiger partial charge in [0.1, 0.15) is 0 Å². The lowest BCUT2D eigenvalue weighted by Crippen LogP contribution is -2.28. The van der Waals surface area contributed by atoms with Crippen LogP contribution in [0.2, 0.25) is 0 Å². The molecule has 2 atom stereocenters. The molecule has 0 radical (unpaired) electrons. The van der Waals surface area contributed by atoms with Crippen molar-refractivity contribution in [1.29, 1.82) is 0 Å². The van der Waals surface area contributed by atoms with Gasteiger partial charge in [-0.3, -0.25) is 4.68 Å². The monoisotopic (exact) mass is 315 g/mol. The van der Waals surface area contributed by atoms with Crippen molar-refractivity contribution in [2.75, 3.05) is 20.8 Å². The highest BCUT2D eigenvalue weighted by atomic mass is 79.9. The summed E-state index contributed by atoms with van der Waals surface area (Å²) in [4.78, 5) is 0. The Morgan fingerprint density at radius 3 is 3.06 bits per heavy atom. The third-order valence-electron chi connectivity index (χ3n) is 4.02. The van der Waals surface area contributed by atoms with E-state index >= 15 is 0 Å². The summed E-state index contributed by atoms with van der Waals surface area (Å²) in [6.45, 7) is 3.86. The van der Waals surface area contributed by atoms with Crippen molar-refractivity contribution >= 4 is 15.9 Å². The lowest BCUT2D eigenvalue weighted by Gasteiger charge is -2.26. The van der Waals surface area contributed by atoms with E-state index in [4.69, 9.17) is 4.74 Å². The van der Waals surface area contributed by atoms with E-state index in [-0.39, 0.29) is 5.41 Å². The van der Waals surface area contributed by atoms with Crippen molar-refractivity contribution in [1.82, 2.24) is 15.1 Å². The average Bonchev–Trinajstić information content (AvgIpc) is 2.91. The first-order chi connectivity index (χ1) is 8.60. The molecule has 2 unspecified atom stereocenters. The number of hydrogen-bond acceptors (Lipinski definition) is 3. The summed E-state index contributed by atoms with van der Waals surface area (Å²) in [6.07, 6.45) is 5.51. The van der Waals surface area contributed by atoms with Crippen LogP contribution in [0.4, 0.5) is 0 Å². The molecule has 1 aliphatic rings. The zero-order valence-electron chi connectivity index (χ0n) is 11.4. The van der Waals surface area contributed by atoms with E-state index in [0.29, 0.717) is 12.6 Å². The van der Waals surface area contributed by atoms with Crippen LogP contribution in [0.3, 0.4) is 0 Å². The number of halogens is 1. The first-order valence-electron chi connectivity index (χ1n) is 6.48. The smallest absolute Gasteiger partial charge is 0.0659 e. The predicted octanol–water partition coefficient (Wildman–Crippen LogP) is 2.32. The highest BCUT2D eigenvalue weighted by molar-refractivity contribution is 9.10. The van der Waals surface area contributed by atoms with Gasteiger partial charge in [-0.25, -0.2) is 0 Å². The standard InChI is InChI=1S/C13H22BrN3O/c1-13(5-4-10(8-13)15-2)12-11(14)9-16-17(12)6-7-18-3/h9-10,15H,4-8H2,1-3H3. The molecule has 1 heterocycles. The van der Waals surface area contributed by atoms with Crippen LogP contribution in [0.25, 0.3) is 0 Å². The molecule has 0 saturated heterocycles. The predicted molar refractivity (Wildman–Crippen MR) is 75.9 cm³/mol. The SMILES string of the molecule is CNC1CCC(C)(c2c(Br)cnn2CCOC)C1. The van der Waals surface area contributed by atoms with Gasteiger partial charge in [0.15, 0.2) is 0 Å². The Labute approximate surface area is 117 Å². The van der Waals surface area contributed by atoms with Crippen molar-refractivity contribution in [3.8, 4) is 0 Å². The second kappa shape index (κ2) is 5.72. The molecule has 1 saturated carbocycles. The van der Waals surface area contributed by atoms with E-state index in [1.165, 1.54) is 25.0 Å². The number of rotatable bonds is 5. The lowest BCUT2D eigenvalue weighted by molar-refractivity contribution is 0.180. The highest BCUT2D eigenvalue weighted by Gasteiger charge is 2.39. The van der Waals surface area contributed by atoms with Gasteiger partial charge in [0.2, 0.25) is 0 Å². The Kier molecular flexibility index (Phi) is 4.45. The Morgan fingerprint density at radius 2 is 2.44 bits per heavy atom. The first-order valence-corrected chi connectivity index (χ1v) is 7.28. The van der Waals surface area contributed by atoms with E-state index in [1.54, 1.807) is 7.11 Å². The van der Waals surface area contributed by atoms with Crippen LogP contribution in [0.5, 0.6) is 0 Å². The van der Waals surface area contributed by atoms with Gasteiger partial charge in [-0.15, -0.1) is 0 Å². The number of hydrogen-bond donors (Lipinski definition) is 1. The van der Waals surface area contributed by atoms with Crippen molar-refractivity contribution in [2.24, 2.45) is 0 Å². The normalized spacial score (nSPS) is 27.9. The summed E-state index contributed by atoms with van der Waals surface area (Å²) in [5, 5.41) is 7.86.